The molecular formula is C34H28N4O6S2. The van der Waals surface area contributed by atoms with Gasteiger partial charge in [0, 0.05) is 35.2 Å². The Bertz CT molecular complexity index is 2150. The number of carbonyl (C=O) groups excluding carboxylic acids is 3. The van der Waals surface area contributed by atoms with E-state index in [1.54, 1.807) is 80.2 Å². The summed E-state index contributed by atoms with van der Waals surface area (Å²) in [6.45, 7) is 5.21. The number of nitrogens with two attached hydrogens (primary N) is 2. The molecule has 1 atom stereocenters. The zero-order valence-electron chi connectivity index (χ0n) is 25.0. The summed E-state index contributed by atoms with van der Waals surface area (Å²) < 4.78 is 13.7. The molecule has 0 aliphatic carbocycles. The van der Waals surface area contributed by atoms with Crippen molar-refractivity contribution in [3.8, 4) is 23.0 Å². The van der Waals surface area contributed by atoms with Crippen LogP contribution in [0.2, 0.25) is 0 Å². The van der Waals surface area contributed by atoms with Gasteiger partial charge < -0.3 is 26.0 Å². The van der Waals surface area contributed by atoms with Crippen molar-refractivity contribution >= 4 is 60.4 Å². The average Bonchev–Trinajstić information content (AvgIpc) is 3.55. The molecule has 12 heteroatoms. The minimum atomic E-state index is -1.46. The molecule has 0 bridgehead atoms. The van der Waals surface area contributed by atoms with Crippen LogP contribution < -0.4 is 20.9 Å². The van der Waals surface area contributed by atoms with Crippen LogP contribution in [0.3, 0.4) is 0 Å². The van der Waals surface area contributed by atoms with Crippen molar-refractivity contribution in [2.45, 2.75) is 32.8 Å². The van der Waals surface area contributed by atoms with Gasteiger partial charge in [0.2, 0.25) is 0 Å². The highest BCUT2D eigenvalue weighted by molar-refractivity contribution is 7.21. The number of carbonyl (C=O) groups is 3. The Morgan fingerprint density at radius 3 is 1.61 bits per heavy atom. The minimum absolute atomic E-state index is 0.159. The van der Waals surface area contributed by atoms with E-state index in [1.807, 2.05) is 13.8 Å². The van der Waals surface area contributed by atoms with Crippen LogP contribution in [-0.2, 0) is 5.60 Å². The minimum Gasteiger partial charge on any atom is -0.455 e. The van der Waals surface area contributed by atoms with Gasteiger partial charge in [-0.2, -0.15) is 0 Å². The number of fused-ring (bicyclic) bond motifs is 2. The zero-order chi connectivity index (χ0) is 32.7. The molecule has 2 amide bonds. The van der Waals surface area contributed by atoms with Crippen molar-refractivity contribution in [3.63, 3.8) is 0 Å². The summed E-state index contributed by atoms with van der Waals surface area (Å²) in [4.78, 5) is 46.1. The number of ketones is 1. The van der Waals surface area contributed by atoms with E-state index >= 15 is 0 Å². The molecule has 0 fully saturated rings. The highest BCUT2D eigenvalue weighted by Crippen LogP contribution is 2.40. The van der Waals surface area contributed by atoms with E-state index in [9.17, 15) is 19.5 Å². The molecule has 2 aromatic carbocycles. The second-order valence-corrected chi connectivity index (χ2v) is 13.1. The first-order valence-electron chi connectivity index (χ1n) is 14.1. The molecule has 46 heavy (non-hydrogen) atoms. The molecule has 6 aromatic rings. The third-order valence-electron chi connectivity index (χ3n) is 7.67. The molecule has 6 rings (SSSR count). The number of aryl methyl sites for hydroxylation is 2. The van der Waals surface area contributed by atoms with Gasteiger partial charge in [0.25, 0.3) is 11.8 Å². The highest BCUT2D eigenvalue weighted by Gasteiger charge is 2.28. The van der Waals surface area contributed by atoms with Crippen LogP contribution >= 0.6 is 22.7 Å². The maximum atomic E-state index is 13.2. The van der Waals surface area contributed by atoms with Gasteiger partial charge in [-0.1, -0.05) is 12.1 Å². The fourth-order valence-electron chi connectivity index (χ4n) is 5.33. The smallest absolute Gasteiger partial charge is 0.259 e. The normalized spacial score (nSPS) is 12.6. The van der Waals surface area contributed by atoms with Crippen LogP contribution in [0.4, 0.5) is 0 Å². The van der Waals surface area contributed by atoms with Gasteiger partial charge in [-0.25, -0.2) is 0 Å². The molecule has 0 aliphatic rings. The molecule has 4 aromatic heterocycles. The Hall–Kier alpha value is -5.17. The molecule has 0 radical (unpaired) electrons. The number of hydrogen-bond acceptors (Lipinski definition) is 10. The lowest BCUT2D eigenvalue weighted by atomic mass is 9.89. The molecule has 0 spiro atoms. The van der Waals surface area contributed by atoms with Gasteiger partial charge in [0.15, 0.2) is 17.3 Å². The summed E-state index contributed by atoms with van der Waals surface area (Å²) in [6, 6.07) is 13.4. The second kappa shape index (κ2) is 12.0. The molecule has 1 unspecified atom stereocenters. The molecule has 5 N–H and O–H groups in total. The van der Waals surface area contributed by atoms with Gasteiger partial charge in [-0.05, 0) is 73.9 Å². The predicted octanol–water partition coefficient (Wildman–Crippen LogP) is 6.79. The van der Waals surface area contributed by atoms with Crippen molar-refractivity contribution in [2.75, 3.05) is 0 Å². The van der Waals surface area contributed by atoms with E-state index in [0.29, 0.717) is 43.9 Å². The van der Waals surface area contributed by atoms with E-state index in [1.165, 1.54) is 22.7 Å². The molecule has 0 aliphatic heterocycles. The number of ether oxygens (including phenoxy) is 2. The fourth-order valence-corrected chi connectivity index (χ4v) is 7.42. The maximum Gasteiger partial charge on any atom is 0.259 e. The van der Waals surface area contributed by atoms with E-state index in [2.05, 4.69) is 9.97 Å². The molecule has 4 heterocycles. The number of aliphatic hydroxyl groups is 1. The van der Waals surface area contributed by atoms with Crippen molar-refractivity contribution < 1.29 is 29.0 Å². The first-order chi connectivity index (χ1) is 21.9. The highest BCUT2D eigenvalue weighted by atomic mass is 32.1. The third kappa shape index (κ3) is 5.81. The Morgan fingerprint density at radius 1 is 0.739 bits per heavy atom. The zero-order valence-corrected chi connectivity index (χ0v) is 26.6. The van der Waals surface area contributed by atoms with E-state index in [0.717, 1.165) is 31.3 Å². The fraction of sp³-hybridized carbons (Fsp3) is 0.147. The summed E-state index contributed by atoms with van der Waals surface area (Å²) in [6.07, 6.45) is 6.31. The Kier molecular flexibility index (Phi) is 8.03. The number of rotatable bonds is 10. The number of nitrogens with zero attached hydrogens (tertiary/aromatic N) is 2. The van der Waals surface area contributed by atoms with Crippen LogP contribution in [0.5, 0.6) is 23.0 Å². The van der Waals surface area contributed by atoms with E-state index < -0.39 is 17.4 Å². The van der Waals surface area contributed by atoms with Crippen molar-refractivity contribution in [3.05, 3.63) is 105 Å². The first-order valence-corrected chi connectivity index (χ1v) is 15.7. The second-order valence-electron chi connectivity index (χ2n) is 11.0. The number of pyridine rings is 2. The number of benzene rings is 2. The average molecular weight is 653 g/mol. The Morgan fingerprint density at radius 2 is 1.17 bits per heavy atom. The summed E-state index contributed by atoms with van der Waals surface area (Å²) in [5.41, 5.74) is 12.0. The lowest BCUT2D eigenvalue weighted by Crippen LogP contribution is -2.25. The number of hydrogen-bond donors (Lipinski definition) is 3. The van der Waals surface area contributed by atoms with Crippen LogP contribution in [0.15, 0.2) is 73.3 Å². The van der Waals surface area contributed by atoms with Gasteiger partial charge >= 0.3 is 0 Å². The van der Waals surface area contributed by atoms with Crippen LogP contribution in [0.1, 0.15) is 59.7 Å². The number of thiophene rings is 2. The Labute approximate surface area is 271 Å². The van der Waals surface area contributed by atoms with E-state index in [-0.39, 0.29) is 12.2 Å². The number of amides is 2. The van der Waals surface area contributed by atoms with Crippen molar-refractivity contribution in [2.24, 2.45) is 11.5 Å². The molecule has 0 saturated carbocycles. The topological polar surface area (TPSA) is 168 Å². The van der Waals surface area contributed by atoms with Crippen LogP contribution in [0, 0.1) is 13.8 Å². The predicted molar refractivity (Wildman–Crippen MR) is 177 cm³/mol. The summed E-state index contributed by atoms with van der Waals surface area (Å²) in [5.74, 6) is 0.669. The summed E-state index contributed by atoms with van der Waals surface area (Å²) in [7, 11) is 0. The van der Waals surface area contributed by atoms with Crippen molar-refractivity contribution in [1.82, 2.24) is 9.97 Å². The molecular weight excluding hydrogens is 625 g/mol. The number of Topliss-reactive ketones (excluding diaryl/α,β-unsaturated/α-hetero) is 1. The quantitative estimate of drug-likeness (QED) is 0.136. The lowest BCUT2D eigenvalue weighted by molar-refractivity contribution is 0.0431. The van der Waals surface area contributed by atoms with Crippen LogP contribution in [-0.4, -0.2) is 32.7 Å². The van der Waals surface area contributed by atoms with Gasteiger partial charge in [0.1, 0.15) is 11.5 Å². The summed E-state index contributed by atoms with van der Waals surface area (Å²) in [5, 5.41) is 12.8. The Balaban J connectivity index is 1.14. The number of aromatic nitrogens is 2. The maximum absolute atomic E-state index is 13.2. The summed E-state index contributed by atoms with van der Waals surface area (Å²) >= 11 is 2.53. The first kappa shape index (κ1) is 30.8. The van der Waals surface area contributed by atoms with Gasteiger partial charge in [0.05, 0.1) is 37.1 Å². The van der Waals surface area contributed by atoms with Crippen LogP contribution in [0.25, 0.3) is 20.2 Å². The third-order valence-corrected chi connectivity index (χ3v) is 10.2. The molecule has 232 valence electrons. The van der Waals surface area contributed by atoms with Crippen molar-refractivity contribution in [1.29, 1.82) is 0 Å². The van der Waals surface area contributed by atoms with E-state index in [4.69, 9.17) is 20.9 Å². The largest absolute Gasteiger partial charge is 0.455 e. The SMILES string of the molecule is Cc1c(C(N)=O)sc2cncc(Oc3ccc(C(=O)CC(C)(O)c4ccc(Oc5cncc6sc(C(N)=O)c(C)c56)cc4)cc3)c12. The standard InChI is InChI=1S/C34H28N4O6S2/c1-17-28-24(13-37-15-26(28)45-30(17)32(35)40)43-21-8-4-19(5-9-21)23(39)12-34(3,42)20-6-10-22(11-7-20)44-25-14-38-16-27-29(25)18(2)31(46-27)33(36)41/h4-11,13-16,42H,12H2,1-3H3,(H2,35,40)(H2,36,41). The molecule has 10 nitrogen and oxygen atoms in total. The monoisotopic (exact) mass is 652 g/mol. The van der Waals surface area contributed by atoms with Gasteiger partial charge in [-0.3, -0.25) is 24.4 Å². The lowest BCUT2D eigenvalue weighted by Gasteiger charge is -2.23. The number of primary amides is 2. The molecule has 0 saturated heterocycles. The van der Waals surface area contributed by atoms with Gasteiger partial charge in [-0.15, -0.1) is 22.7 Å².